The molecule has 3 aromatic heterocycles. The minimum Gasteiger partial charge on any atom is -0.459 e. The molecule has 0 unspecified atom stereocenters. The van der Waals surface area contributed by atoms with Gasteiger partial charge < -0.3 is 25.0 Å². The first-order valence-corrected chi connectivity index (χ1v) is 20.5. The van der Waals surface area contributed by atoms with Gasteiger partial charge in [-0.2, -0.15) is 13.2 Å². The molecule has 0 aliphatic rings. The van der Waals surface area contributed by atoms with Crippen molar-refractivity contribution in [3.05, 3.63) is 63.5 Å². The lowest BCUT2D eigenvalue weighted by Gasteiger charge is -2.30. The van der Waals surface area contributed by atoms with Crippen LogP contribution in [0.15, 0.2) is 46.8 Å². The Kier molecular flexibility index (Phi) is 18.0. The van der Waals surface area contributed by atoms with Crippen molar-refractivity contribution < 1.29 is 50.7 Å². The van der Waals surface area contributed by atoms with Crippen molar-refractivity contribution in [3.8, 4) is 21.7 Å². The van der Waals surface area contributed by atoms with E-state index in [0.29, 0.717) is 29.6 Å². The summed E-state index contributed by atoms with van der Waals surface area (Å²) in [6.07, 6.45) is -1.53. The van der Waals surface area contributed by atoms with Crippen molar-refractivity contribution in [3.63, 3.8) is 0 Å². The maximum absolute atomic E-state index is 14.0. The minimum atomic E-state index is -4.68. The number of pyridine rings is 2. The van der Waals surface area contributed by atoms with Crippen molar-refractivity contribution in [1.29, 1.82) is 0 Å². The summed E-state index contributed by atoms with van der Waals surface area (Å²) < 4.78 is 77.5. The minimum absolute atomic E-state index is 0.00816. The van der Waals surface area contributed by atoms with E-state index in [0.717, 1.165) is 30.4 Å². The summed E-state index contributed by atoms with van der Waals surface area (Å²) in [7, 11) is -1.16. The largest absolute Gasteiger partial charge is 0.475 e. The Balaban J connectivity index is 0.00000182. The van der Waals surface area contributed by atoms with E-state index in [1.807, 2.05) is 27.8 Å². The van der Waals surface area contributed by atoms with E-state index in [-0.39, 0.29) is 46.0 Å². The van der Waals surface area contributed by atoms with Gasteiger partial charge in [0.1, 0.15) is 23.0 Å². The van der Waals surface area contributed by atoms with Gasteiger partial charge in [-0.15, -0.1) is 11.3 Å². The molecule has 14 nitrogen and oxygen atoms in total. The Bertz CT molecular complexity index is 2080. The topological polar surface area (TPSA) is 180 Å². The van der Waals surface area contributed by atoms with Gasteiger partial charge in [0.05, 0.1) is 23.3 Å². The number of carbonyl (C=O) groups is 2. The molecular weight excluding hydrogens is 802 g/mol. The molecule has 0 saturated heterocycles. The summed E-state index contributed by atoms with van der Waals surface area (Å²) in [4.78, 5) is 46.5. The molecule has 1 aromatic carbocycles. The Labute approximate surface area is 341 Å². The maximum Gasteiger partial charge on any atom is 0.475 e. The number of fused-ring (bicyclic) bond motifs is 1. The van der Waals surface area contributed by atoms with Crippen LogP contribution in [0.5, 0.6) is 0 Å². The number of halogens is 3. The molecular formula is C39H55F3N5O9PS. The fourth-order valence-electron chi connectivity index (χ4n) is 4.98. The predicted molar refractivity (Wildman–Crippen MR) is 220 cm³/mol. The number of phosphoric ester groups is 1. The van der Waals surface area contributed by atoms with Gasteiger partial charge in [0, 0.05) is 47.9 Å². The van der Waals surface area contributed by atoms with E-state index in [1.165, 1.54) is 24.5 Å². The third kappa shape index (κ3) is 15.3. The quantitative estimate of drug-likeness (QED) is 0.0505. The van der Waals surface area contributed by atoms with Crippen LogP contribution in [0, 0.1) is 5.41 Å². The molecule has 0 atom stereocenters. The molecule has 0 aliphatic carbocycles. The number of rotatable bonds is 13. The molecule has 58 heavy (non-hydrogen) atoms. The lowest BCUT2D eigenvalue weighted by Crippen LogP contribution is -2.26. The number of alkyl halides is 3. The molecule has 3 heterocycles. The van der Waals surface area contributed by atoms with Gasteiger partial charge in [-0.05, 0) is 84.3 Å². The number of anilines is 1. The van der Waals surface area contributed by atoms with Gasteiger partial charge >= 0.3 is 20.0 Å². The van der Waals surface area contributed by atoms with Crippen LogP contribution >= 0.6 is 19.2 Å². The van der Waals surface area contributed by atoms with Crippen LogP contribution in [-0.4, -0.2) is 77.1 Å². The third-order valence-electron chi connectivity index (χ3n) is 7.08. The molecule has 19 heteroatoms. The lowest BCUT2D eigenvalue weighted by molar-refractivity contribution is -0.140. The fourth-order valence-corrected chi connectivity index (χ4v) is 7.62. The van der Waals surface area contributed by atoms with Gasteiger partial charge in [-0.3, -0.25) is 23.2 Å². The van der Waals surface area contributed by atoms with Crippen LogP contribution in [0.25, 0.3) is 32.6 Å². The van der Waals surface area contributed by atoms with E-state index in [4.69, 9.17) is 23.4 Å². The van der Waals surface area contributed by atoms with Crippen LogP contribution in [0.4, 0.5) is 19.0 Å². The monoisotopic (exact) mass is 857 g/mol. The van der Waals surface area contributed by atoms with Crippen molar-refractivity contribution in [1.82, 2.24) is 19.9 Å². The smallest absolute Gasteiger partial charge is 0.459 e. The molecule has 0 radical (unpaired) electrons. The highest BCUT2D eigenvalue weighted by molar-refractivity contribution is 7.48. The number of ether oxygens (including phenoxy) is 1. The number of nitrogens with zero attached hydrogens (tertiary/aromatic N) is 3. The number of phosphoric acid groups is 1. The number of thiazole rings is 1. The number of nitrogens with one attached hydrogen (secondary N) is 2. The van der Waals surface area contributed by atoms with Crippen molar-refractivity contribution in [2.45, 2.75) is 93.2 Å². The molecule has 0 saturated carbocycles. The number of carbonyl (C=O) groups excluding carboxylic acids is 2. The number of amides is 1. The highest BCUT2D eigenvalue weighted by atomic mass is 32.1. The zero-order valence-electron chi connectivity index (χ0n) is 35.0. The van der Waals surface area contributed by atoms with Crippen LogP contribution in [0.1, 0.15) is 85.3 Å². The number of esters is 1. The van der Waals surface area contributed by atoms with E-state index in [9.17, 15) is 32.1 Å². The van der Waals surface area contributed by atoms with Crippen LogP contribution in [0.2, 0.25) is 0 Å². The number of hydrogen-bond donors (Lipinski definition) is 3. The van der Waals surface area contributed by atoms with E-state index < -0.39 is 42.3 Å². The molecule has 322 valence electrons. The number of aliphatic hydroxyl groups is 1. The van der Waals surface area contributed by atoms with E-state index >= 15 is 0 Å². The predicted octanol–water partition coefficient (Wildman–Crippen LogP) is 8.57. The van der Waals surface area contributed by atoms with Gasteiger partial charge in [-0.25, -0.2) is 19.3 Å². The maximum atomic E-state index is 14.0. The standard InChI is InChI=1S/C35H42F3N4O8PS.C3H9N.CH4O/c1-32(2,3)19-42-17-25(31(45)47-12-13-48-51(46,49-33(4,5)6)50-34(7,8)9)29(44)23-14-21(10-11-26(23)42)24-16-39-28(40-20-43)15-22(24)30-41-27(18-52-30)35(36,37)38;1-3-4-2;1-2/h10-11,14-18,20H,12-13,19H2,1-9H3,(H,39,40,43);4H,3H2,1-2H3;2H,1H3. The molecule has 0 bridgehead atoms. The molecule has 0 spiro atoms. The summed E-state index contributed by atoms with van der Waals surface area (Å²) >= 11 is 0.757. The highest BCUT2D eigenvalue weighted by Crippen LogP contribution is 2.55. The molecule has 0 fully saturated rings. The van der Waals surface area contributed by atoms with Crippen molar-refractivity contribution >= 4 is 48.3 Å². The molecule has 0 aliphatic heterocycles. The third-order valence-corrected chi connectivity index (χ3v) is 10.00. The number of aliphatic hydroxyl groups excluding tert-OH is 1. The molecule has 1 amide bonds. The normalized spacial score (nSPS) is 12.3. The van der Waals surface area contributed by atoms with Gasteiger partial charge in [0.2, 0.25) is 11.8 Å². The summed E-state index contributed by atoms with van der Waals surface area (Å²) in [5, 5.41) is 13.3. The van der Waals surface area contributed by atoms with Crippen LogP contribution < -0.4 is 16.1 Å². The first kappa shape index (κ1) is 50.1. The van der Waals surface area contributed by atoms with Gasteiger partial charge in [-0.1, -0.05) is 33.8 Å². The molecule has 3 N–H and O–H groups in total. The number of benzene rings is 1. The van der Waals surface area contributed by atoms with Gasteiger partial charge in [0.25, 0.3) is 0 Å². The summed E-state index contributed by atoms with van der Waals surface area (Å²) in [6.45, 7) is 18.8. The average molecular weight is 858 g/mol. The van der Waals surface area contributed by atoms with Crippen LogP contribution in [0.3, 0.4) is 0 Å². The molecule has 4 rings (SSSR count). The zero-order valence-corrected chi connectivity index (χ0v) is 36.7. The van der Waals surface area contributed by atoms with Gasteiger partial charge in [0.15, 0.2) is 5.69 Å². The summed E-state index contributed by atoms with van der Waals surface area (Å²) in [5.74, 6) is -0.882. The highest BCUT2D eigenvalue weighted by Gasteiger charge is 2.37. The number of aromatic nitrogens is 3. The van der Waals surface area contributed by atoms with E-state index in [2.05, 4.69) is 27.5 Å². The Morgan fingerprint density at radius 2 is 1.59 bits per heavy atom. The second kappa shape index (κ2) is 20.8. The Morgan fingerprint density at radius 3 is 2.09 bits per heavy atom. The zero-order chi connectivity index (χ0) is 44.3. The summed E-state index contributed by atoms with van der Waals surface area (Å²) in [6, 6.07) is 6.26. The average Bonchev–Trinajstić information content (AvgIpc) is 3.62. The van der Waals surface area contributed by atoms with Crippen molar-refractivity contribution in [2.75, 3.05) is 39.2 Å². The second-order valence-corrected chi connectivity index (χ2v) is 18.1. The van der Waals surface area contributed by atoms with Crippen LogP contribution in [-0.2, 0) is 40.4 Å². The SMILES string of the molecule is CC(C)(C)Cn1cc(C(=O)OCCOP(=O)(OC(C)(C)C)OC(C)(C)C)c(=O)c2cc(-c3cnc(NC=O)cc3-c3nc(C(F)(F)F)cs3)ccc21.CCNC.CO. The first-order valence-electron chi connectivity index (χ1n) is 18.1. The molecule has 4 aromatic rings. The Hall–Kier alpha value is -4.03. The van der Waals surface area contributed by atoms with Crippen molar-refractivity contribution in [2.24, 2.45) is 5.41 Å². The fraction of sp³-hybridized carbons (Fsp3) is 0.513. The van der Waals surface area contributed by atoms with E-state index in [1.54, 1.807) is 58.2 Å². The number of hydrogen-bond acceptors (Lipinski definition) is 13. The second-order valence-electron chi connectivity index (χ2n) is 15.7. The first-order chi connectivity index (χ1) is 26.8. The summed E-state index contributed by atoms with van der Waals surface area (Å²) in [5.41, 5.74) is -2.64. The Morgan fingerprint density at radius 1 is 0.983 bits per heavy atom. The lowest BCUT2D eigenvalue weighted by atomic mass is 9.95.